The van der Waals surface area contributed by atoms with Crippen LogP contribution in [0.5, 0.6) is 0 Å². The molecule has 6 nitrogen and oxygen atoms in total. The Balaban J connectivity index is 0.000000361. The summed E-state index contributed by atoms with van der Waals surface area (Å²) >= 11 is 0. The van der Waals surface area contributed by atoms with E-state index in [1.165, 1.54) is 11.9 Å². The van der Waals surface area contributed by atoms with Crippen molar-refractivity contribution in [3.05, 3.63) is 72.6 Å². The van der Waals surface area contributed by atoms with Crippen LogP contribution < -0.4 is 0 Å². The van der Waals surface area contributed by atoms with Crippen molar-refractivity contribution in [1.29, 1.82) is 0 Å². The van der Waals surface area contributed by atoms with Crippen LogP contribution in [-0.2, 0) is 0 Å². The molecule has 3 aromatic heterocycles. The lowest BCUT2D eigenvalue weighted by Crippen LogP contribution is -1.91. The molecule has 0 aliphatic rings. The molecule has 27 heavy (non-hydrogen) atoms. The topological polar surface area (TPSA) is 77.3 Å². The molecule has 3 aromatic rings. The summed E-state index contributed by atoms with van der Waals surface area (Å²) in [4.78, 5) is 15.6. The van der Waals surface area contributed by atoms with Crippen molar-refractivity contribution in [1.82, 2.24) is 30.1 Å². The maximum Gasteiger partial charge on any atom is 0.115 e. The van der Waals surface area contributed by atoms with E-state index in [-0.39, 0.29) is 0 Å². The fourth-order valence-corrected chi connectivity index (χ4v) is 1.62. The molecular weight excluding hydrogens is 336 g/mol. The van der Waals surface area contributed by atoms with Gasteiger partial charge < -0.3 is 0 Å². The predicted octanol–water partition coefficient (Wildman–Crippen LogP) is 5.01. The molecule has 0 atom stereocenters. The minimum atomic E-state index is 0.485. The molecule has 0 saturated heterocycles. The molecule has 0 bridgehead atoms. The molecule has 0 amide bonds. The van der Waals surface area contributed by atoms with Gasteiger partial charge in [0.05, 0.1) is 11.9 Å². The van der Waals surface area contributed by atoms with E-state index in [1.807, 2.05) is 26.8 Å². The summed E-state index contributed by atoms with van der Waals surface area (Å²) in [5.41, 5.74) is 3.39. The van der Waals surface area contributed by atoms with Gasteiger partial charge in [0.15, 0.2) is 0 Å². The molecule has 0 aliphatic carbocycles. The smallest absolute Gasteiger partial charge is 0.115 e. The second-order valence-corrected chi connectivity index (χ2v) is 6.03. The lowest BCUT2D eigenvalue weighted by molar-refractivity contribution is 0.812. The zero-order valence-electron chi connectivity index (χ0n) is 17.5. The van der Waals surface area contributed by atoms with E-state index in [1.54, 1.807) is 43.4 Å². The monoisotopic (exact) mass is 368 g/mol. The minimum Gasteiger partial charge on any atom is -0.261 e. The summed E-state index contributed by atoms with van der Waals surface area (Å²) in [5.74, 6) is 1.04. The van der Waals surface area contributed by atoms with E-state index in [4.69, 9.17) is 0 Å². The fraction of sp³-hybridized carbons (Fsp3) is 0.429. The first-order chi connectivity index (χ1) is 13.0. The third kappa shape index (κ3) is 12.3. The summed E-state index contributed by atoms with van der Waals surface area (Å²) in [6.07, 6.45) is 13.8. The third-order valence-electron chi connectivity index (χ3n) is 3.14. The van der Waals surface area contributed by atoms with E-state index in [2.05, 4.69) is 57.8 Å². The Morgan fingerprint density at radius 3 is 1.67 bits per heavy atom. The number of hydrogen-bond donors (Lipinski definition) is 0. The maximum atomic E-state index is 4.12. The summed E-state index contributed by atoms with van der Waals surface area (Å²) in [5, 5.41) is 7.43. The van der Waals surface area contributed by atoms with Crippen LogP contribution in [0.2, 0.25) is 0 Å². The van der Waals surface area contributed by atoms with Crippen LogP contribution in [0.15, 0.2) is 55.8 Å². The first-order valence-corrected chi connectivity index (χ1v) is 9.24. The van der Waals surface area contributed by atoms with E-state index in [0.717, 1.165) is 11.3 Å². The first kappa shape index (κ1) is 24.2. The second kappa shape index (κ2) is 15.5. The molecule has 0 aromatic carbocycles. The normalized spacial score (nSPS) is 9.22. The molecule has 0 N–H and O–H groups in total. The van der Waals surface area contributed by atoms with E-state index in [9.17, 15) is 0 Å². The lowest BCUT2D eigenvalue weighted by Gasteiger charge is -2.00. The Morgan fingerprint density at radius 2 is 1.37 bits per heavy atom. The quantitative estimate of drug-likeness (QED) is 0.632. The highest BCUT2D eigenvalue weighted by atomic mass is 15.1. The zero-order chi connectivity index (χ0) is 20.5. The Labute approximate surface area is 163 Å². The van der Waals surface area contributed by atoms with Gasteiger partial charge in [0, 0.05) is 37.2 Å². The van der Waals surface area contributed by atoms with Crippen LogP contribution in [0.4, 0.5) is 0 Å². The van der Waals surface area contributed by atoms with Gasteiger partial charge in [-0.1, -0.05) is 41.5 Å². The van der Waals surface area contributed by atoms with Crippen molar-refractivity contribution < 1.29 is 0 Å². The van der Waals surface area contributed by atoms with Crippen molar-refractivity contribution in [3.63, 3.8) is 0 Å². The van der Waals surface area contributed by atoms with Crippen LogP contribution in [0.3, 0.4) is 0 Å². The summed E-state index contributed by atoms with van der Waals surface area (Å²) in [6.45, 7) is 14.4. The van der Waals surface area contributed by atoms with Crippen molar-refractivity contribution in [3.8, 4) is 0 Å². The number of rotatable bonds is 2. The number of aromatic nitrogens is 6. The molecule has 0 unspecified atom stereocenters. The molecule has 3 heterocycles. The Kier molecular flexibility index (Phi) is 13.9. The average Bonchev–Trinajstić information content (AvgIpc) is 2.72. The van der Waals surface area contributed by atoms with Crippen LogP contribution >= 0.6 is 0 Å². The zero-order valence-corrected chi connectivity index (χ0v) is 17.5. The molecule has 0 aliphatic heterocycles. The fourth-order valence-electron chi connectivity index (χ4n) is 1.62. The predicted molar refractivity (Wildman–Crippen MR) is 110 cm³/mol. The SMILES string of the molecule is CC.CC(C)c1ccnnc1.CC(C)c1cnccn1.Cc1cncnc1. The standard InChI is InChI=1S/2C7H10N2.C5H6N2.C2H6/c1-6(2)7-5-8-3-4-9-7;1-6(2)7-3-4-8-9-5-7;1-5-2-6-4-7-3-5;1-2/h2*3-6H,1-2H3;2-4H,1H3;1-2H3. The molecule has 0 spiro atoms. The highest BCUT2D eigenvalue weighted by Gasteiger charge is 1.96. The van der Waals surface area contributed by atoms with Crippen molar-refractivity contribution >= 4 is 0 Å². The molecule has 6 heteroatoms. The molecule has 0 radical (unpaired) electrons. The minimum absolute atomic E-state index is 0.485. The Morgan fingerprint density at radius 1 is 0.704 bits per heavy atom. The molecule has 146 valence electrons. The highest BCUT2D eigenvalue weighted by Crippen LogP contribution is 2.09. The van der Waals surface area contributed by atoms with Crippen LogP contribution in [0, 0.1) is 6.92 Å². The van der Waals surface area contributed by atoms with Crippen LogP contribution in [0.1, 0.15) is 70.2 Å². The van der Waals surface area contributed by atoms with Crippen molar-refractivity contribution in [2.75, 3.05) is 0 Å². The molecule has 3 rings (SSSR count). The molecule has 0 fully saturated rings. The van der Waals surface area contributed by atoms with Crippen molar-refractivity contribution in [2.45, 2.75) is 60.3 Å². The van der Waals surface area contributed by atoms with Crippen LogP contribution in [-0.4, -0.2) is 30.1 Å². The van der Waals surface area contributed by atoms with E-state index >= 15 is 0 Å². The van der Waals surface area contributed by atoms with Gasteiger partial charge in [-0.25, -0.2) is 9.97 Å². The first-order valence-electron chi connectivity index (χ1n) is 9.24. The van der Waals surface area contributed by atoms with Gasteiger partial charge >= 0.3 is 0 Å². The van der Waals surface area contributed by atoms with Gasteiger partial charge in [0.25, 0.3) is 0 Å². The second-order valence-electron chi connectivity index (χ2n) is 6.03. The lowest BCUT2D eigenvalue weighted by atomic mass is 10.1. The van der Waals surface area contributed by atoms with Gasteiger partial charge in [-0.2, -0.15) is 10.2 Å². The van der Waals surface area contributed by atoms with Gasteiger partial charge in [0.1, 0.15) is 6.33 Å². The number of aryl methyl sites for hydroxylation is 1. The Hall–Kier alpha value is -2.76. The van der Waals surface area contributed by atoms with Gasteiger partial charge in [-0.05, 0) is 36.0 Å². The summed E-state index contributed by atoms with van der Waals surface area (Å²) in [6, 6.07) is 1.98. The van der Waals surface area contributed by atoms with Crippen LogP contribution in [0.25, 0.3) is 0 Å². The van der Waals surface area contributed by atoms with Gasteiger partial charge in [0.2, 0.25) is 0 Å². The third-order valence-corrected chi connectivity index (χ3v) is 3.14. The summed E-state index contributed by atoms with van der Waals surface area (Å²) in [7, 11) is 0. The van der Waals surface area contributed by atoms with Gasteiger partial charge in [-0.3, -0.25) is 9.97 Å². The van der Waals surface area contributed by atoms with E-state index in [0.29, 0.717) is 11.8 Å². The highest BCUT2D eigenvalue weighted by molar-refractivity contribution is 5.09. The van der Waals surface area contributed by atoms with Gasteiger partial charge in [-0.15, -0.1) is 0 Å². The Bertz CT molecular complexity index is 629. The average molecular weight is 369 g/mol. The summed E-state index contributed by atoms with van der Waals surface area (Å²) < 4.78 is 0. The maximum absolute atomic E-state index is 4.12. The largest absolute Gasteiger partial charge is 0.261 e. The van der Waals surface area contributed by atoms with E-state index < -0.39 is 0 Å². The molecular formula is C21H32N6. The molecule has 0 saturated carbocycles. The number of nitrogens with zero attached hydrogens (tertiary/aromatic N) is 6. The number of hydrogen-bond acceptors (Lipinski definition) is 6. The van der Waals surface area contributed by atoms with Crippen molar-refractivity contribution in [2.24, 2.45) is 0 Å².